The summed E-state index contributed by atoms with van der Waals surface area (Å²) >= 11 is 6.16. The van der Waals surface area contributed by atoms with Crippen LogP contribution in [-0.4, -0.2) is 12.6 Å². The van der Waals surface area contributed by atoms with Gasteiger partial charge in [-0.2, -0.15) is 0 Å². The molecule has 0 saturated heterocycles. The fourth-order valence-corrected chi connectivity index (χ4v) is 2.14. The van der Waals surface area contributed by atoms with Crippen LogP contribution < -0.4 is 10.5 Å². The van der Waals surface area contributed by atoms with E-state index in [0.29, 0.717) is 11.4 Å². The minimum atomic E-state index is -0.519. The van der Waals surface area contributed by atoms with Gasteiger partial charge in [0.15, 0.2) is 5.75 Å². The first-order chi connectivity index (χ1) is 10.0. The number of aryl methyl sites for hydroxylation is 1. The van der Waals surface area contributed by atoms with Crippen LogP contribution in [0.1, 0.15) is 22.8 Å². The largest absolute Gasteiger partial charge is 0.462 e. The molecule has 0 bridgehead atoms. The van der Waals surface area contributed by atoms with Crippen LogP contribution in [0, 0.1) is 6.92 Å². The lowest BCUT2D eigenvalue weighted by Crippen LogP contribution is -2.07. The zero-order chi connectivity index (χ0) is 15.4. The van der Waals surface area contributed by atoms with Crippen LogP contribution in [-0.2, 0) is 4.74 Å². The molecule has 0 atom stereocenters. The van der Waals surface area contributed by atoms with Crippen LogP contribution in [0.2, 0.25) is 5.02 Å². The summed E-state index contributed by atoms with van der Waals surface area (Å²) in [6.07, 6.45) is 0. The van der Waals surface area contributed by atoms with E-state index in [9.17, 15) is 4.79 Å². The molecule has 0 aliphatic rings. The molecule has 0 aromatic heterocycles. The predicted octanol–water partition coefficient (Wildman–Crippen LogP) is 4.20. The Morgan fingerprint density at radius 3 is 2.71 bits per heavy atom. The molecule has 0 aliphatic carbocycles. The smallest absolute Gasteiger partial charge is 0.342 e. The standard InChI is InChI=1S/C16H16ClNO3/c1-3-20-16(19)13-8-11(18)9-14(17)15(13)21-12-6-4-5-10(2)7-12/h4-9H,3,18H2,1-2H3. The first kappa shape index (κ1) is 15.2. The molecule has 4 nitrogen and oxygen atoms in total. The second kappa shape index (κ2) is 6.50. The van der Waals surface area contributed by atoms with Crippen molar-refractivity contribution in [1.29, 1.82) is 0 Å². The lowest BCUT2D eigenvalue weighted by atomic mass is 10.1. The van der Waals surface area contributed by atoms with E-state index in [0.717, 1.165) is 5.56 Å². The molecule has 5 heteroatoms. The van der Waals surface area contributed by atoms with E-state index in [1.54, 1.807) is 13.0 Å². The molecule has 0 fully saturated rings. The maximum Gasteiger partial charge on any atom is 0.342 e. The van der Waals surface area contributed by atoms with Crippen LogP contribution in [0.25, 0.3) is 0 Å². The molecule has 110 valence electrons. The molecule has 0 aliphatic heterocycles. The Bertz CT molecular complexity index is 671. The quantitative estimate of drug-likeness (QED) is 0.679. The van der Waals surface area contributed by atoms with E-state index in [-0.39, 0.29) is 22.9 Å². The summed E-state index contributed by atoms with van der Waals surface area (Å²) < 4.78 is 10.8. The normalized spacial score (nSPS) is 10.2. The van der Waals surface area contributed by atoms with Gasteiger partial charge in [0.2, 0.25) is 0 Å². The number of carbonyl (C=O) groups excluding carboxylic acids is 1. The zero-order valence-corrected chi connectivity index (χ0v) is 12.6. The molecule has 0 radical (unpaired) electrons. The van der Waals surface area contributed by atoms with Gasteiger partial charge in [0, 0.05) is 5.69 Å². The van der Waals surface area contributed by atoms with Gasteiger partial charge in [-0.3, -0.25) is 0 Å². The van der Waals surface area contributed by atoms with Gasteiger partial charge in [-0.1, -0.05) is 23.7 Å². The third kappa shape index (κ3) is 3.67. The highest BCUT2D eigenvalue weighted by Gasteiger charge is 2.19. The number of benzene rings is 2. The van der Waals surface area contributed by atoms with Gasteiger partial charge < -0.3 is 15.2 Å². The highest BCUT2D eigenvalue weighted by Crippen LogP contribution is 2.35. The van der Waals surface area contributed by atoms with Gasteiger partial charge in [-0.05, 0) is 43.7 Å². The fraction of sp³-hybridized carbons (Fsp3) is 0.188. The molecule has 2 N–H and O–H groups in total. The molecule has 2 aromatic rings. The fourth-order valence-electron chi connectivity index (χ4n) is 1.88. The number of halogens is 1. The molecule has 0 saturated carbocycles. The highest BCUT2D eigenvalue weighted by molar-refractivity contribution is 6.33. The van der Waals surface area contributed by atoms with Crippen LogP contribution in [0.5, 0.6) is 11.5 Å². The number of hydrogen-bond donors (Lipinski definition) is 1. The van der Waals surface area contributed by atoms with Crippen molar-refractivity contribution in [3.8, 4) is 11.5 Å². The molecule has 21 heavy (non-hydrogen) atoms. The Morgan fingerprint density at radius 2 is 2.05 bits per heavy atom. The number of carbonyl (C=O) groups is 1. The first-order valence-electron chi connectivity index (χ1n) is 6.52. The molecule has 0 spiro atoms. The average Bonchev–Trinajstić information content (AvgIpc) is 2.42. The summed E-state index contributed by atoms with van der Waals surface area (Å²) in [5, 5.41) is 0.263. The van der Waals surface area contributed by atoms with E-state index in [1.165, 1.54) is 12.1 Å². The van der Waals surface area contributed by atoms with Gasteiger partial charge >= 0.3 is 5.97 Å². The number of hydrogen-bond acceptors (Lipinski definition) is 4. The topological polar surface area (TPSA) is 61.5 Å². The van der Waals surface area contributed by atoms with Crippen LogP contribution in [0.15, 0.2) is 36.4 Å². The van der Waals surface area contributed by atoms with Crippen molar-refractivity contribution in [2.24, 2.45) is 0 Å². The Balaban J connectivity index is 2.44. The maximum atomic E-state index is 12.0. The number of esters is 1. The molecular formula is C16H16ClNO3. The number of nitrogens with two attached hydrogens (primary N) is 1. The van der Waals surface area contributed by atoms with Crippen molar-refractivity contribution in [1.82, 2.24) is 0 Å². The van der Waals surface area contributed by atoms with Crippen LogP contribution >= 0.6 is 11.6 Å². The van der Waals surface area contributed by atoms with Crippen molar-refractivity contribution >= 4 is 23.3 Å². The third-order valence-corrected chi connectivity index (χ3v) is 3.05. The van der Waals surface area contributed by atoms with Crippen molar-refractivity contribution in [2.45, 2.75) is 13.8 Å². The Hall–Kier alpha value is -2.20. The minimum Gasteiger partial charge on any atom is -0.462 e. The van der Waals surface area contributed by atoms with E-state index in [2.05, 4.69) is 0 Å². The van der Waals surface area contributed by atoms with E-state index in [1.807, 2.05) is 25.1 Å². The van der Waals surface area contributed by atoms with Gasteiger partial charge in [0.25, 0.3) is 0 Å². The first-order valence-corrected chi connectivity index (χ1v) is 6.89. The van der Waals surface area contributed by atoms with E-state index < -0.39 is 5.97 Å². The third-order valence-electron chi connectivity index (χ3n) is 2.77. The van der Waals surface area contributed by atoms with Crippen LogP contribution in [0.4, 0.5) is 5.69 Å². The number of ether oxygens (including phenoxy) is 2. The highest BCUT2D eigenvalue weighted by atomic mass is 35.5. The summed E-state index contributed by atoms with van der Waals surface area (Å²) in [6.45, 7) is 3.94. The maximum absolute atomic E-state index is 12.0. The van der Waals surface area contributed by atoms with Gasteiger partial charge in [-0.15, -0.1) is 0 Å². The number of rotatable bonds is 4. The molecule has 0 heterocycles. The minimum absolute atomic E-state index is 0.211. The SMILES string of the molecule is CCOC(=O)c1cc(N)cc(Cl)c1Oc1cccc(C)c1. The summed E-state index contributed by atoms with van der Waals surface area (Å²) in [7, 11) is 0. The second-order valence-corrected chi connectivity index (χ2v) is 4.93. The summed E-state index contributed by atoms with van der Waals surface area (Å²) in [5.41, 5.74) is 7.36. The molecule has 0 amide bonds. The average molecular weight is 306 g/mol. The lowest BCUT2D eigenvalue weighted by molar-refractivity contribution is 0.0523. The van der Waals surface area contributed by atoms with E-state index >= 15 is 0 Å². The second-order valence-electron chi connectivity index (χ2n) is 4.52. The zero-order valence-electron chi connectivity index (χ0n) is 11.9. The molecule has 0 unspecified atom stereocenters. The van der Waals surface area contributed by atoms with Crippen molar-refractivity contribution in [3.05, 3.63) is 52.5 Å². The van der Waals surface area contributed by atoms with E-state index in [4.69, 9.17) is 26.8 Å². The Morgan fingerprint density at radius 1 is 1.29 bits per heavy atom. The molecule has 2 rings (SSSR count). The predicted molar refractivity (Wildman–Crippen MR) is 83.1 cm³/mol. The van der Waals surface area contributed by atoms with Crippen molar-refractivity contribution in [2.75, 3.05) is 12.3 Å². The van der Waals surface area contributed by atoms with Crippen molar-refractivity contribution < 1.29 is 14.3 Å². The Labute approximate surface area is 128 Å². The summed E-state index contributed by atoms with van der Waals surface area (Å²) in [6, 6.07) is 10.5. The molecule has 2 aromatic carbocycles. The monoisotopic (exact) mass is 305 g/mol. The Kier molecular flexibility index (Phi) is 4.70. The number of nitrogen functional groups attached to an aromatic ring is 1. The van der Waals surface area contributed by atoms with Crippen LogP contribution in [0.3, 0.4) is 0 Å². The lowest BCUT2D eigenvalue weighted by Gasteiger charge is -2.13. The number of anilines is 1. The van der Waals surface area contributed by atoms with Gasteiger partial charge in [0.05, 0.1) is 11.6 Å². The summed E-state index contributed by atoms with van der Waals surface area (Å²) in [4.78, 5) is 12.0. The van der Waals surface area contributed by atoms with Gasteiger partial charge in [0.1, 0.15) is 11.3 Å². The van der Waals surface area contributed by atoms with Crippen molar-refractivity contribution in [3.63, 3.8) is 0 Å². The molecular weight excluding hydrogens is 290 g/mol. The summed E-state index contributed by atoms with van der Waals surface area (Å²) in [5.74, 6) is 0.316. The van der Waals surface area contributed by atoms with Gasteiger partial charge in [-0.25, -0.2) is 4.79 Å².